The standard InChI is InChI=1S/C13H16BrNOS/c1-8-6-11(17-10(8)3)7-15-9(2)12-4-5-13(14)16-12/h4-6,9,15H,7H2,1-3H3. The highest BCUT2D eigenvalue weighted by Crippen LogP contribution is 2.23. The van der Waals surface area contributed by atoms with E-state index >= 15 is 0 Å². The zero-order valence-electron chi connectivity index (χ0n) is 10.2. The molecule has 0 bridgehead atoms. The van der Waals surface area contributed by atoms with Gasteiger partial charge in [0.1, 0.15) is 5.76 Å². The topological polar surface area (TPSA) is 25.2 Å². The Morgan fingerprint density at radius 3 is 2.71 bits per heavy atom. The van der Waals surface area contributed by atoms with Crippen molar-refractivity contribution in [2.45, 2.75) is 33.4 Å². The van der Waals surface area contributed by atoms with Crippen LogP contribution in [-0.2, 0) is 6.54 Å². The smallest absolute Gasteiger partial charge is 0.169 e. The Bertz CT molecular complexity index is 484. The molecule has 17 heavy (non-hydrogen) atoms. The van der Waals surface area contributed by atoms with Crippen molar-refractivity contribution in [3.8, 4) is 0 Å². The second kappa shape index (κ2) is 5.38. The molecule has 0 aliphatic rings. The van der Waals surface area contributed by atoms with Crippen LogP contribution in [0.15, 0.2) is 27.3 Å². The van der Waals surface area contributed by atoms with Crippen LogP contribution in [0, 0.1) is 13.8 Å². The fourth-order valence-electron chi connectivity index (χ4n) is 1.65. The number of halogens is 1. The summed E-state index contributed by atoms with van der Waals surface area (Å²) in [7, 11) is 0. The Hall–Kier alpha value is -0.580. The maximum Gasteiger partial charge on any atom is 0.169 e. The van der Waals surface area contributed by atoms with Crippen LogP contribution in [0.25, 0.3) is 0 Å². The molecule has 0 aliphatic carbocycles. The monoisotopic (exact) mass is 313 g/mol. The van der Waals surface area contributed by atoms with Gasteiger partial charge in [0.15, 0.2) is 4.67 Å². The lowest BCUT2D eigenvalue weighted by atomic mass is 10.2. The molecule has 0 radical (unpaired) electrons. The van der Waals surface area contributed by atoms with Gasteiger partial charge in [0, 0.05) is 16.3 Å². The van der Waals surface area contributed by atoms with E-state index in [1.807, 2.05) is 23.5 Å². The van der Waals surface area contributed by atoms with E-state index in [-0.39, 0.29) is 6.04 Å². The summed E-state index contributed by atoms with van der Waals surface area (Å²) in [4.78, 5) is 2.77. The van der Waals surface area contributed by atoms with Crippen LogP contribution in [0.1, 0.15) is 34.0 Å². The lowest BCUT2D eigenvalue weighted by Gasteiger charge is -2.09. The van der Waals surface area contributed by atoms with Gasteiger partial charge in [-0.25, -0.2) is 0 Å². The molecule has 1 atom stereocenters. The molecule has 0 saturated heterocycles. The van der Waals surface area contributed by atoms with Crippen molar-refractivity contribution in [1.29, 1.82) is 0 Å². The van der Waals surface area contributed by atoms with Gasteiger partial charge in [-0.15, -0.1) is 11.3 Å². The Kier molecular flexibility index (Phi) is 4.07. The molecule has 0 aromatic carbocycles. The number of rotatable bonds is 4. The second-order valence-corrected chi connectivity index (χ2v) is 6.32. The Balaban J connectivity index is 1.94. The average molecular weight is 314 g/mol. The van der Waals surface area contributed by atoms with Crippen molar-refractivity contribution in [2.75, 3.05) is 0 Å². The molecule has 2 nitrogen and oxygen atoms in total. The molecule has 2 heterocycles. The molecule has 1 N–H and O–H groups in total. The van der Waals surface area contributed by atoms with E-state index < -0.39 is 0 Å². The summed E-state index contributed by atoms with van der Waals surface area (Å²) in [5, 5.41) is 3.46. The van der Waals surface area contributed by atoms with Crippen LogP contribution in [0.5, 0.6) is 0 Å². The molecule has 0 fully saturated rings. The lowest BCUT2D eigenvalue weighted by Crippen LogP contribution is -2.16. The minimum Gasteiger partial charge on any atom is -0.453 e. The van der Waals surface area contributed by atoms with Gasteiger partial charge in [0.25, 0.3) is 0 Å². The fourth-order valence-corrected chi connectivity index (χ4v) is 2.98. The molecular weight excluding hydrogens is 298 g/mol. The summed E-state index contributed by atoms with van der Waals surface area (Å²) in [5.74, 6) is 0.960. The molecular formula is C13H16BrNOS. The summed E-state index contributed by atoms with van der Waals surface area (Å²) in [6.07, 6.45) is 0. The number of thiophene rings is 1. The third kappa shape index (κ3) is 3.21. The third-order valence-electron chi connectivity index (χ3n) is 2.82. The predicted molar refractivity (Wildman–Crippen MR) is 75.5 cm³/mol. The van der Waals surface area contributed by atoms with E-state index in [1.54, 1.807) is 0 Å². The summed E-state index contributed by atoms with van der Waals surface area (Å²) in [5.41, 5.74) is 1.38. The molecule has 2 rings (SSSR count). The first-order valence-electron chi connectivity index (χ1n) is 5.61. The number of hydrogen-bond donors (Lipinski definition) is 1. The first-order valence-corrected chi connectivity index (χ1v) is 7.21. The van der Waals surface area contributed by atoms with E-state index in [4.69, 9.17) is 4.42 Å². The van der Waals surface area contributed by atoms with Gasteiger partial charge >= 0.3 is 0 Å². The van der Waals surface area contributed by atoms with Crippen molar-refractivity contribution < 1.29 is 4.42 Å². The van der Waals surface area contributed by atoms with E-state index in [9.17, 15) is 0 Å². The normalized spacial score (nSPS) is 12.9. The van der Waals surface area contributed by atoms with Crippen molar-refractivity contribution >= 4 is 27.3 Å². The average Bonchev–Trinajstić information content (AvgIpc) is 2.83. The molecule has 2 aromatic heterocycles. The summed E-state index contributed by atoms with van der Waals surface area (Å²) < 4.78 is 6.30. The highest BCUT2D eigenvalue weighted by Gasteiger charge is 2.10. The summed E-state index contributed by atoms with van der Waals surface area (Å²) in [6.45, 7) is 7.32. The van der Waals surface area contributed by atoms with Crippen molar-refractivity contribution in [2.24, 2.45) is 0 Å². The van der Waals surface area contributed by atoms with Gasteiger partial charge in [-0.3, -0.25) is 0 Å². The van der Waals surface area contributed by atoms with Crippen LogP contribution in [0.4, 0.5) is 0 Å². The fraction of sp³-hybridized carbons (Fsp3) is 0.385. The Morgan fingerprint density at radius 2 is 2.18 bits per heavy atom. The van der Waals surface area contributed by atoms with Crippen LogP contribution in [-0.4, -0.2) is 0 Å². The SMILES string of the molecule is Cc1cc(CNC(C)c2ccc(Br)o2)sc1C. The molecule has 1 unspecified atom stereocenters. The minimum absolute atomic E-state index is 0.226. The Labute approximate surface area is 114 Å². The molecule has 0 amide bonds. The van der Waals surface area contributed by atoms with E-state index in [1.165, 1.54) is 15.3 Å². The van der Waals surface area contributed by atoms with Crippen molar-refractivity contribution in [1.82, 2.24) is 5.32 Å². The highest BCUT2D eigenvalue weighted by atomic mass is 79.9. The van der Waals surface area contributed by atoms with Crippen molar-refractivity contribution in [3.63, 3.8) is 0 Å². The number of aryl methyl sites for hydroxylation is 2. The first-order chi connectivity index (χ1) is 8.06. The highest BCUT2D eigenvalue weighted by molar-refractivity contribution is 9.10. The van der Waals surface area contributed by atoms with Gasteiger partial charge in [-0.2, -0.15) is 0 Å². The van der Waals surface area contributed by atoms with Gasteiger partial charge in [-0.1, -0.05) is 0 Å². The largest absolute Gasteiger partial charge is 0.453 e. The van der Waals surface area contributed by atoms with Crippen LogP contribution < -0.4 is 5.32 Å². The summed E-state index contributed by atoms with van der Waals surface area (Å²) >= 11 is 5.17. The number of hydrogen-bond acceptors (Lipinski definition) is 3. The first kappa shape index (κ1) is 12.9. The molecule has 0 aliphatic heterocycles. The van der Waals surface area contributed by atoms with E-state index in [0.29, 0.717) is 0 Å². The maximum absolute atomic E-state index is 5.52. The van der Waals surface area contributed by atoms with E-state index in [2.05, 4.69) is 48.1 Å². The zero-order chi connectivity index (χ0) is 12.4. The van der Waals surface area contributed by atoms with Crippen molar-refractivity contribution in [3.05, 3.63) is 43.9 Å². The molecule has 2 aromatic rings. The number of furan rings is 1. The molecule has 92 valence electrons. The van der Waals surface area contributed by atoms with Crippen LogP contribution in [0.3, 0.4) is 0 Å². The van der Waals surface area contributed by atoms with Crippen LogP contribution >= 0.6 is 27.3 Å². The maximum atomic E-state index is 5.52. The minimum atomic E-state index is 0.226. The quantitative estimate of drug-likeness (QED) is 0.894. The number of nitrogens with one attached hydrogen (secondary N) is 1. The van der Waals surface area contributed by atoms with Gasteiger partial charge < -0.3 is 9.73 Å². The second-order valence-electron chi connectivity index (χ2n) is 4.20. The molecule has 0 spiro atoms. The lowest BCUT2D eigenvalue weighted by molar-refractivity contribution is 0.418. The van der Waals surface area contributed by atoms with Gasteiger partial charge in [-0.05, 0) is 60.5 Å². The zero-order valence-corrected chi connectivity index (χ0v) is 12.6. The van der Waals surface area contributed by atoms with Gasteiger partial charge in [0.05, 0.1) is 6.04 Å². The van der Waals surface area contributed by atoms with Crippen LogP contribution in [0.2, 0.25) is 0 Å². The summed E-state index contributed by atoms with van der Waals surface area (Å²) in [6, 6.07) is 6.39. The van der Waals surface area contributed by atoms with Gasteiger partial charge in [0.2, 0.25) is 0 Å². The van der Waals surface area contributed by atoms with E-state index in [0.717, 1.165) is 17.0 Å². The Morgan fingerprint density at radius 1 is 1.41 bits per heavy atom. The third-order valence-corrected chi connectivity index (χ3v) is 4.40. The molecule has 4 heteroatoms. The predicted octanol–water partition coefficient (Wildman–Crippen LogP) is 4.57. The molecule has 0 saturated carbocycles.